The molecular formula is C12H16N2OS. The highest BCUT2D eigenvalue weighted by molar-refractivity contribution is 8.13. The van der Waals surface area contributed by atoms with Crippen molar-refractivity contribution in [1.29, 1.82) is 0 Å². The fraction of sp³-hybridized carbons (Fsp3) is 0.500. The molecule has 4 heteroatoms. The molecule has 0 spiro atoms. The third kappa shape index (κ3) is 2.38. The van der Waals surface area contributed by atoms with Crippen LogP contribution in [-0.2, 0) is 12.8 Å². The van der Waals surface area contributed by atoms with Crippen LogP contribution in [0, 0.1) is 0 Å². The van der Waals surface area contributed by atoms with Crippen molar-refractivity contribution in [3.63, 3.8) is 0 Å². The third-order valence-electron chi connectivity index (χ3n) is 2.91. The summed E-state index contributed by atoms with van der Waals surface area (Å²) in [7, 11) is 0. The van der Waals surface area contributed by atoms with E-state index in [0.29, 0.717) is 0 Å². The molecule has 86 valence electrons. The number of amides is 1. The number of fused-ring (bicyclic) bond motifs is 1. The first-order valence-corrected chi connectivity index (χ1v) is 6.53. The van der Waals surface area contributed by atoms with E-state index in [4.69, 9.17) is 5.73 Å². The van der Waals surface area contributed by atoms with E-state index in [9.17, 15) is 4.79 Å². The monoisotopic (exact) mass is 236 g/mol. The molecule has 2 rings (SSSR count). The zero-order valence-corrected chi connectivity index (χ0v) is 10.2. The van der Waals surface area contributed by atoms with Crippen LogP contribution in [0.3, 0.4) is 0 Å². The lowest BCUT2D eigenvalue weighted by atomic mass is 9.95. The summed E-state index contributed by atoms with van der Waals surface area (Å²) in [6, 6.07) is 4.23. The molecule has 0 saturated heterocycles. The minimum absolute atomic E-state index is 0.160. The molecule has 2 N–H and O–H groups in total. The number of nitrogens with zero attached hydrogens (tertiary/aromatic N) is 1. The van der Waals surface area contributed by atoms with Gasteiger partial charge < -0.3 is 5.73 Å². The lowest BCUT2D eigenvalue weighted by Gasteiger charge is -2.23. The number of aromatic nitrogens is 1. The van der Waals surface area contributed by atoms with Gasteiger partial charge in [0, 0.05) is 5.69 Å². The summed E-state index contributed by atoms with van der Waals surface area (Å²) in [6.45, 7) is 2.09. The summed E-state index contributed by atoms with van der Waals surface area (Å²) in [4.78, 5) is 15.6. The van der Waals surface area contributed by atoms with Crippen LogP contribution in [0.4, 0.5) is 4.79 Å². The second-order valence-electron chi connectivity index (χ2n) is 4.02. The van der Waals surface area contributed by atoms with Crippen molar-refractivity contribution >= 4 is 17.0 Å². The molecule has 1 aliphatic carbocycles. The van der Waals surface area contributed by atoms with Crippen molar-refractivity contribution in [1.82, 2.24) is 4.98 Å². The molecule has 0 saturated carbocycles. The molecule has 0 radical (unpaired) electrons. The highest BCUT2D eigenvalue weighted by Crippen LogP contribution is 2.38. The number of hydrogen-bond donors (Lipinski definition) is 1. The van der Waals surface area contributed by atoms with E-state index in [-0.39, 0.29) is 10.5 Å². The smallest absolute Gasteiger partial charge is 0.277 e. The quantitative estimate of drug-likeness (QED) is 0.859. The van der Waals surface area contributed by atoms with Gasteiger partial charge in [-0.25, -0.2) is 0 Å². The number of hydrogen-bond acceptors (Lipinski definition) is 3. The van der Waals surface area contributed by atoms with Crippen molar-refractivity contribution in [2.75, 3.05) is 0 Å². The molecule has 1 aliphatic rings. The van der Waals surface area contributed by atoms with Crippen LogP contribution in [0.5, 0.6) is 0 Å². The Hall–Kier alpha value is -1.03. The number of carbonyl (C=O) groups is 1. The van der Waals surface area contributed by atoms with E-state index < -0.39 is 0 Å². The highest BCUT2D eigenvalue weighted by atomic mass is 32.2. The van der Waals surface area contributed by atoms with Crippen LogP contribution in [0.2, 0.25) is 0 Å². The van der Waals surface area contributed by atoms with Gasteiger partial charge in [-0.1, -0.05) is 24.8 Å². The zero-order chi connectivity index (χ0) is 11.5. The third-order valence-corrected chi connectivity index (χ3v) is 3.88. The Balaban J connectivity index is 2.31. The Morgan fingerprint density at radius 3 is 3.12 bits per heavy atom. The van der Waals surface area contributed by atoms with E-state index in [2.05, 4.69) is 24.0 Å². The Morgan fingerprint density at radius 2 is 2.44 bits per heavy atom. The Morgan fingerprint density at radius 1 is 1.62 bits per heavy atom. The Kier molecular flexibility index (Phi) is 3.49. The van der Waals surface area contributed by atoms with Gasteiger partial charge in [0.15, 0.2) is 0 Å². The van der Waals surface area contributed by atoms with E-state index in [1.165, 1.54) is 17.3 Å². The van der Waals surface area contributed by atoms with Gasteiger partial charge in [0.1, 0.15) is 0 Å². The van der Waals surface area contributed by atoms with Gasteiger partial charge in [-0.2, -0.15) is 0 Å². The van der Waals surface area contributed by atoms with Crippen LogP contribution in [-0.4, -0.2) is 10.2 Å². The van der Waals surface area contributed by atoms with E-state index >= 15 is 0 Å². The van der Waals surface area contributed by atoms with Gasteiger partial charge in [0.25, 0.3) is 5.24 Å². The minimum Gasteiger partial charge on any atom is -0.360 e. The van der Waals surface area contributed by atoms with Gasteiger partial charge in [0.05, 0.1) is 10.9 Å². The average Bonchev–Trinajstić information content (AvgIpc) is 2.28. The summed E-state index contributed by atoms with van der Waals surface area (Å²) in [5.74, 6) is 0. The standard InChI is InChI=1S/C12H16N2OS/c1-2-9-7-6-8-4-3-5-10(11(8)14-9)16-12(13)15/h6-7,10H,2-5H2,1H3,(H2,13,15). The van der Waals surface area contributed by atoms with E-state index in [0.717, 1.165) is 37.1 Å². The van der Waals surface area contributed by atoms with Gasteiger partial charge >= 0.3 is 0 Å². The van der Waals surface area contributed by atoms with E-state index in [1.807, 2.05) is 0 Å². The summed E-state index contributed by atoms with van der Waals surface area (Å²) >= 11 is 1.21. The highest BCUT2D eigenvalue weighted by Gasteiger charge is 2.24. The second-order valence-corrected chi connectivity index (χ2v) is 5.23. The molecule has 3 nitrogen and oxygen atoms in total. The molecule has 0 bridgehead atoms. The average molecular weight is 236 g/mol. The number of nitrogens with two attached hydrogens (primary N) is 1. The molecule has 16 heavy (non-hydrogen) atoms. The number of thioether (sulfide) groups is 1. The Bertz CT molecular complexity index is 406. The zero-order valence-electron chi connectivity index (χ0n) is 9.40. The predicted molar refractivity (Wildman–Crippen MR) is 66.5 cm³/mol. The first kappa shape index (κ1) is 11.5. The van der Waals surface area contributed by atoms with E-state index in [1.54, 1.807) is 0 Å². The van der Waals surface area contributed by atoms with Crippen LogP contribution < -0.4 is 5.73 Å². The van der Waals surface area contributed by atoms with Crippen molar-refractivity contribution in [3.8, 4) is 0 Å². The van der Waals surface area contributed by atoms with Crippen LogP contribution in [0.15, 0.2) is 12.1 Å². The van der Waals surface area contributed by atoms with Gasteiger partial charge in [-0.3, -0.25) is 9.78 Å². The fourth-order valence-electron chi connectivity index (χ4n) is 2.10. The summed E-state index contributed by atoms with van der Waals surface area (Å²) < 4.78 is 0. The SMILES string of the molecule is CCc1ccc2c(n1)C(SC(N)=O)CCC2. The largest absolute Gasteiger partial charge is 0.360 e. The number of pyridine rings is 1. The molecule has 1 unspecified atom stereocenters. The molecule has 0 aliphatic heterocycles. The first-order chi connectivity index (χ1) is 7.70. The fourth-order valence-corrected chi connectivity index (χ4v) is 2.98. The first-order valence-electron chi connectivity index (χ1n) is 5.65. The summed E-state index contributed by atoms with van der Waals surface area (Å²) in [5.41, 5.74) is 8.70. The van der Waals surface area contributed by atoms with Crippen LogP contribution in [0.1, 0.15) is 42.0 Å². The van der Waals surface area contributed by atoms with Gasteiger partial charge in [-0.15, -0.1) is 0 Å². The topological polar surface area (TPSA) is 56.0 Å². The van der Waals surface area contributed by atoms with Crippen molar-refractivity contribution in [2.24, 2.45) is 5.73 Å². The number of primary amides is 1. The van der Waals surface area contributed by atoms with Crippen molar-refractivity contribution in [3.05, 3.63) is 29.1 Å². The number of carbonyl (C=O) groups excluding carboxylic acids is 1. The molecule has 1 aromatic rings. The van der Waals surface area contributed by atoms with Gasteiger partial charge in [0.2, 0.25) is 0 Å². The molecule has 1 atom stereocenters. The summed E-state index contributed by atoms with van der Waals surface area (Å²) in [6.07, 6.45) is 4.12. The Labute approximate surface area is 99.8 Å². The maximum atomic E-state index is 11.0. The normalized spacial score (nSPS) is 19.2. The second kappa shape index (κ2) is 4.87. The molecule has 1 amide bonds. The van der Waals surface area contributed by atoms with Crippen molar-refractivity contribution in [2.45, 2.75) is 37.9 Å². The molecule has 1 heterocycles. The van der Waals surface area contributed by atoms with Crippen LogP contribution in [0.25, 0.3) is 0 Å². The summed E-state index contributed by atoms with van der Waals surface area (Å²) in [5, 5.41) is -0.144. The van der Waals surface area contributed by atoms with Crippen LogP contribution >= 0.6 is 11.8 Å². The predicted octanol–water partition coefficient (Wildman–Crippen LogP) is 2.83. The maximum Gasteiger partial charge on any atom is 0.277 e. The molecule has 0 fully saturated rings. The molecular weight excluding hydrogens is 220 g/mol. The lowest BCUT2D eigenvalue weighted by Crippen LogP contribution is -2.14. The maximum absolute atomic E-state index is 11.0. The number of rotatable bonds is 2. The van der Waals surface area contributed by atoms with Gasteiger partial charge in [-0.05, 0) is 37.3 Å². The number of aryl methyl sites for hydroxylation is 2. The lowest BCUT2D eigenvalue weighted by molar-refractivity contribution is 0.267. The molecule has 0 aromatic carbocycles. The minimum atomic E-state index is -0.304. The molecule has 1 aromatic heterocycles. The van der Waals surface area contributed by atoms with Crippen molar-refractivity contribution < 1.29 is 4.79 Å².